The third kappa shape index (κ3) is 2.38. The van der Waals surface area contributed by atoms with Gasteiger partial charge in [0.25, 0.3) is 0 Å². The molecule has 0 saturated heterocycles. The molecule has 4 nitrogen and oxygen atoms in total. The first-order valence-corrected chi connectivity index (χ1v) is 7.34. The van der Waals surface area contributed by atoms with E-state index >= 15 is 0 Å². The number of benzene rings is 1. The molecule has 0 bridgehead atoms. The quantitative estimate of drug-likeness (QED) is 0.782. The monoisotopic (exact) mass is 296 g/mol. The average molecular weight is 297 g/mol. The highest BCUT2D eigenvalue weighted by Crippen LogP contribution is 2.46. The topological polar surface area (TPSA) is 44.8 Å². The Kier molecular flexibility index (Phi) is 3.61. The van der Waals surface area contributed by atoms with Gasteiger partial charge in [-0.1, -0.05) is 11.6 Å². The molecule has 1 aliphatic carbocycles. The second-order valence-corrected chi connectivity index (χ2v) is 5.59. The largest absolute Gasteiger partial charge is 0.464 e. The summed E-state index contributed by atoms with van der Waals surface area (Å²) in [5.41, 5.74) is 0.647. The van der Waals surface area contributed by atoms with Gasteiger partial charge >= 0.3 is 5.97 Å². The van der Waals surface area contributed by atoms with Crippen molar-refractivity contribution < 1.29 is 19.0 Å². The van der Waals surface area contributed by atoms with E-state index in [0.717, 1.165) is 25.7 Å². The van der Waals surface area contributed by atoms with Crippen LogP contribution in [0.2, 0.25) is 5.02 Å². The zero-order valence-corrected chi connectivity index (χ0v) is 12.1. The summed E-state index contributed by atoms with van der Waals surface area (Å²) < 4.78 is 17.1. The number of rotatable bonds is 2. The summed E-state index contributed by atoms with van der Waals surface area (Å²) in [6.07, 6.45) is 2.92. The molecule has 0 amide bonds. The van der Waals surface area contributed by atoms with Crippen molar-refractivity contribution in [1.82, 2.24) is 0 Å². The van der Waals surface area contributed by atoms with Crippen LogP contribution in [0.5, 0.6) is 5.75 Å². The fourth-order valence-electron chi connectivity index (χ4n) is 2.85. The molecular formula is C15H17ClO4. The van der Waals surface area contributed by atoms with Gasteiger partial charge in [0.05, 0.1) is 6.61 Å². The summed E-state index contributed by atoms with van der Waals surface area (Å²) in [5.74, 6) is -0.399. The minimum atomic E-state index is -0.754. The van der Waals surface area contributed by atoms with Gasteiger partial charge in [-0.2, -0.15) is 0 Å². The normalized spacial score (nSPS) is 23.2. The van der Waals surface area contributed by atoms with Crippen LogP contribution in [0.3, 0.4) is 0 Å². The van der Waals surface area contributed by atoms with Crippen LogP contribution in [0.25, 0.3) is 0 Å². The fourth-order valence-corrected chi connectivity index (χ4v) is 3.03. The zero-order chi connectivity index (χ0) is 14.2. The van der Waals surface area contributed by atoms with E-state index in [1.54, 1.807) is 25.1 Å². The van der Waals surface area contributed by atoms with Crippen LogP contribution in [0.15, 0.2) is 18.2 Å². The van der Waals surface area contributed by atoms with Gasteiger partial charge in [-0.15, -0.1) is 0 Å². The number of hydrogen-bond donors (Lipinski definition) is 0. The minimum absolute atomic E-state index is 0.322. The van der Waals surface area contributed by atoms with Gasteiger partial charge in [-0.05, 0) is 38.0 Å². The standard InChI is InChI=1S/C15H17ClO4/c1-2-18-14(17)13-11-9-10(16)5-6-12(11)19-15(20-13)7-3-4-8-15/h5-6,9,13H,2-4,7-8H2,1H3. The molecule has 5 heteroatoms. The molecule has 1 aromatic rings. The van der Waals surface area contributed by atoms with E-state index < -0.39 is 11.9 Å². The smallest absolute Gasteiger partial charge is 0.340 e. The van der Waals surface area contributed by atoms with Crippen molar-refractivity contribution in [3.8, 4) is 5.75 Å². The Morgan fingerprint density at radius 1 is 1.45 bits per heavy atom. The Morgan fingerprint density at radius 3 is 2.90 bits per heavy atom. The van der Waals surface area contributed by atoms with E-state index in [2.05, 4.69) is 0 Å². The number of fused-ring (bicyclic) bond motifs is 1. The van der Waals surface area contributed by atoms with Crippen molar-refractivity contribution in [2.45, 2.75) is 44.5 Å². The number of esters is 1. The SMILES string of the molecule is CCOC(=O)C1OC2(CCCC2)Oc2ccc(Cl)cc21. The maximum Gasteiger partial charge on any atom is 0.340 e. The van der Waals surface area contributed by atoms with Crippen LogP contribution in [0.4, 0.5) is 0 Å². The first kappa shape index (κ1) is 13.7. The lowest BCUT2D eigenvalue weighted by Gasteiger charge is -2.39. The number of hydrogen-bond acceptors (Lipinski definition) is 4. The molecule has 1 fully saturated rings. The van der Waals surface area contributed by atoms with E-state index in [1.807, 2.05) is 0 Å². The number of halogens is 1. The van der Waals surface area contributed by atoms with E-state index in [9.17, 15) is 4.79 Å². The second-order valence-electron chi connectivity index (χ2n) is 5.15. The fraction of sp³-hybridized carbons (Fsp3) is 0.533. The van der Waals surface area contributed by atoms with Crippen molar-refractivity contribution in [1.29, 1.82) is 0 Å². The highest BCUT2D eigenvalue weighted by Gasteiger charge is 2.46. The molecule has 1 atom stereocenters. The molecule has 1 saturated carbocycles. The maximum atomic E-state index is 12.2. The molecule has 0 aromatic heterocycles. The van der Waals surface area contributed by atoms with Gasteiger partial charge in [0.2, 0.25) is 5.79 Å². The van der Waals surface area contributed by atoms with E-state index in [0.29, 0.717) is 22.9 Å². The predicted octanol–water partition coefficient (Wildman–Crippen LogP) is 3.62. The van der Waals surface area contributed by atoms with E-state index in [-0.39, 0.29) is 5.97 Å². The van der Waals surface area contributed by atoms with Crippen LogP contribution < -0.4 is 4.74 Å². The van der Waals surface area contributed by atoms with Gasteiger partial charge in [0, 0.05) is 23.4 Å². The summed E-state index contributed by atoms with van der Waals surface area (Å²) in [4.78, 5) is 12.2. The second kappa shape index (κ2) is 5.26. The summed E-state index contributed by atoms with van der Waals surface area (Å²) >= 11 is 6.01. The molecular weight excluding hydrogens is 280 g/mol. The highest BCUT2D eigenvalue weighted by molar-refractivity contribution is 6.30. The molecule has 108 valence electrons. The van der Waals surface area contributed by atoms with Crippen molar-refractivity contribution in [3.63, 3.8) is 0 Å². The van der Waals surface area contributed by atoms with E-state index in [4.69, 9.17) is 25.8 Å². The Hall–Kier alpha value is -1.26. The molecule has 0 radical (unpaired) electrons. The van der Waals surface area contributed by atoms with Gasteiger partial charge in [0.1, 0.15) is 5.75 Å². The number of carbonyl (C=O) groups is 1. The zero-order valence-electron chi connectivity index (χ0n) is 11.4. The Labute approximate surface area is 123 Å². The molecule has 1 spiro atoms. The Bertz CT molecular complexity index is 523. The minimum Gasteiger partial charge on any atom is -0.464 e. The van der Waals surface area contributed by atoms with Gasteiger partial charge in [-0.25, -0.2) is 4.79 Å². The molecule has 1 unspecified atom stereocenters. The first-order chi connectivity index (χ1) is 9.63. The Morgan fingerprint density at radius 2 is 2.20 bits per heavy atom. The third-order valence-corrected chi connectivity index (χ3v) is 3.98. The van der Waals surface area contributed by atoms with E-state index in [1.165, 1.54) is 0 Å². The van der Waals surface area contributed by atoms with Gasteiger partial charge in [0.15, 0.2) is 6.10 Å². The average Bonchev–Trinajstić information content (AvgIpc) is 2.87. The molecule has 3 rings (SSSR count). The van der Waals surface area contributed by atoms with Gasteiger partial charge < -0.3 is 14.2 Å². The summed E-state index contributed by atoms with van der Waals surface area (Å²) in [6.45, 7) is 2.10. The van der Waals surface area contributed by atoms with Crippen molar-refractivity contribution >= 4 is 17.6 Å². The molecule has 1 aliphatic heterocycles. The van der Waals surface area contributed by atoms with Crippen molar-refractivity contribution in [3.05, 3.63) is 28.8 Å². The number of ether oxygens (including phenoxy) is 3. The molecule has 20 heavy (non-hydrogen) atoms. The number of carbonyl (C=O) groups excluding carboxylic acids is 1. The van der Waals surface area contributed by atoms with Gasteiger partial charge in [-0.3, -0.25) is 0 Å². The molecule has 1 heterocycles. The molecule has 0 N–H and O–H groups in total. The summed E-state index contributed by atoms with van der Waals surface area (Å²) in [7, 11) is 0. The van der Waals surface area contributed by atoms with Crippen LogP contribution >= 0.6 is 11.6 Å². The lowest BCUT2D eigenvalue weighted by Crippen LogP contribution is -2.43. The summed E-state index contributed by atoms with van der Waals surface area (Å²) in [6, 6.07) is 5.27. The van der Waals surface area contributed by atoms with Crippen LogP contribution in [0, 0.1) is 0 Å². The lowest BCUT2D eigenvalue weighted by atomic mass is 10.0. The first-order valence-electron chi connectivity index (χ1n) is 6.96. The molecule has 2 aliphatic rings. The lowest BCUT2D eigenvalue weighted by molar-refractivity contribution is -0.233. The third-order valence-electron chi connectivity index (χ3n) is 3.75. The Balaban J connectivity index is 1.99. The molecule has 1 aromatic carbocycles. The predicted molar refractivity (Wildman–Crippen MR) is 73.7 cm³/mol. The maximum absolute atomic E-state index is 12.2. The van der Waals surface area contributed by atoms with Crippen molar-refractivity contribution in [2.75, 3.05) is 6.61 Å². The van der Waals surface area contributed by atoms with Crippen LogP contribution in [-0.4, -0.2) is 18.4 Å². The summed E-state index contributed by atoms with van der Waals surface area (Å²) in [5, 5.41) is 0.549. The van der Waals surface area contributed by atoms with Crippen LogP contribution in [-0.2, 0) is 14.3 Å². The van der Waals surface area contributed by atoms with Crippen LogP contribution in [0.1, 0.15) is 44.3 Å². The highest BCUT2D eigenvalue weighted by atomic mass is 35.5. The van der Waals surface area contributed by atoms with Crippen molar-refractivity contribution in [2.24, 2.45) is 0 Å².